The molecule has 182 valence electrons. The lowest BCUT2D eigenvalue weighted by Crippen LogP contribution is -2.23. The number of ketones is 2. The number of allylic oxidation sites excluding steroid dienone is 2. The third kappa shape index (κ3) is 3.17. The highest BCUT2D eigenvalue weighted by Gasteiger charge is 2.34. The maximum atomic E-state index is 13.1. The minimum Gasteiger partial charge on any atom is -0.501 e. The molecule has 0 radical (unpaired) electrons. The van der Waals surface area contributed by atoms with Crippen LogP contribution in [0.2, 0.25) is 0 Å². The van der Waals surface area contributed by atoms with Gasteiger partial charge in [-0.2, -0.15) is 0 Å². The lowest BCUT2D eigenvalue weighted by Gasteiger charge is -2.19. The molecular formula is C34H22O4. The lowest BCUT2D eigenvalue weighted by molar-refractivity contribution is -0.119. The number of benzene rings is 6. The molecule has 0 aromatic heterocycles. The van der Waals surface area contributed by atoms with E-state index in [0.29, 0.717) is 5.56 Å². The van der Waals surface area contributed by atoms with E-state index in [2.05, 4.69) is 72.8 Å². The molecular weight excluding hydrogens is 472 g/mol. The zero-order valence-electron chi connectivity index (χ0n) is 20.8. The van der Waals surface area contributed by atoms with Crippen molar-refractivity contribution in [2.75, 3.05) is 7.11 Å². The number of hydrogen-bond acceptors (Lipinski definition) is 4. The van der Waals surface area contributed by atoms with Crippen LogP contribution in [-0.4, -0.2) is 23.8 Å². The first-order valence-electron chi connectivity index (χ1n) is 12.4. The summed E-state index contributed by atoms with van der Waals surface area (Å²) in [5.41, 5.74) is 1.08. The largest absolute Gasteiger partial charge is 0.501 e. The van der Waals surface area contributed by atoms with Crippen molar-refractivity contribution in [2.24, 2.45) is 0 Å². The second kappa shape index (κ2) is 8.02. The van der Waals surface area contributed by atoms with Crippen LogP contribution in [0.3, 0.4) is 0 Å². The third-order valence-corrected chi connectivity index (χ3v) is 7.69. The summed E-state index contributed by atoms with van der Waals surface area (Å²) in [7, 11) is 1.28. The van der Waals surface area contributed by atoms with Gasteiger partial charge in [0.2, 0.25) is 23.1 Å². The molecule has 0 atom stereocenters. The quantitative estimate of drug-likeness (QED) is 0.152. The van der Waals surface area contributed by atoms with Gasteiger partial charge >= 0.3 is 0 Å². The van der Waals surface area contributed by atoms with E-state index in [4.69, 9.17) is 4.74 Å². The maximum Gasteiger partial charge on any atom is 0.232 e. The van der Waals surface area contributed by atoms with Crippen molar-refractivity contribution in [1.29, 1.82) is 0 Å². The molecule has 0 heterocycles. The Labute approximate surface area is 218 Å². The van der Waals surface area contributed by atoms with Crippen LogP contribution in [0, 0.1) is 0 Å². The Balaban J connectivity index is 1.45. The summed E-state index contributed by atoms with van der Waals surface area (Å²) in [5, 5.41) is 21.5. The van der Waals surface area contributed by atoms with Crippen LogP contribution >= 0.6 is 0 Å². The van der Waals surface area contributed by atoms with E-state index in [1.165, 1.54) is 28.7 Å². The molecule has 6 aromatic carbocycles. The smallest absolute Gasteiger partial charge is 0.232 e. The number of ether oxygens (including phenoxy) is 1. The molecule has 0 spiro atoms. The summed E-state index contributed by atoms with van der Waals surface area (Å²) in [5.74, 6) is -2.05. The normalized spacial score (nSPS) is 14.6. The lowest BCUT2D eigenvalue weighted by atomic mass is 9.87. The molecule has 38 heavy (non-hydrogen) atoms. The van der Waals surface area contributed by atoms with Crippen LogP contribution in [0.15, 0.2) is 108 Å². The zero-order valence-corrected chi connectivity index (χ0v) is 20.8. The summed E-state index contributed by atoms with van der Waals surface area (Å²) >= 11 is 0. The highest BCUT2D eigenvalue weighted by Crippen LogP contribution is 2.36. The van der Waals surface area contributed by atoms with E-state index in [1.807, 2.05) is 18.2 Å². The zero-order chi connectivity index (χ0) is 26.1. The molecule has 0 unspecified atom stereocenters. The van der Waals surface area contributed by atoms with Crippen LogP contribution in [-0.2, 0) is 14.3 Å². The number of carbonyl (C=O) groups is 2. The number of methoxy groups -OCH3 is 1. The molecule has 1 N–H and O–H groups in total. The topological polar surface area (TPSA) is 63.6 Å². The number of rotatable bonds is 2. The summed E-state index contributed by atoms with van der Waals surface area (Å²) in [6.45, 7) is 1.56. The Hall–Kier alpha value is -4.96. The van der Waals surface area contributed by atoms with Crippen molar-refractivity contribution in [2.45, 2.75) is 6.92 Å². The number of hydrogen-bond donors (Lipinski definition) is 1. The Morgan fingerprint density at radius 1 is 0.579 bits per heavy atom. The molecule has 4 heteroatoms. The third-order valence-electron chi connectivity index (χ3n) is 7.69. The standard InChI is InChI=1S/C34H22O4/c1-18-30(32(36)34(38-2)33(37)31(18)35)24-10-7-21-11-22-8-9-23-14-25-12-19-5-3-4-6-20(19)13-27(25)17-29(23)28(22)16-26(21)15-24/h3-17,37H,1-2H3. The number of aliphatic hydroxyl groups is 1. The van der Waals surface area contributed by atoms with Gasteiger partial charge in [-0.1, -0.05) is 48.5 Å². The van der Waals surface area contributed by atoms with Crippen molar-refractivity contribution in [1.82, 2.24) is 0 Å². The second-order valence-electron chi connectivity index (χ2n) is 9.86. The maximum absolute atomic E-state index is 13.1. The van der Waals surface area contributed by atoms with Crippen molar-refractivity contribution in [3.63, 3.8) is 0 Å². The molecule has 0 saturated heterocycles. The van der Waals surface area contributed by atoms with Gasteiger partial charge in [-0.25, -0.2) is 0 Å². The fraction of sp³-hybridized carbons (Fsp3) is 0.0588. The van der Waals surface area contributed by atoms with Crippen molar-refractivity contribution >= 4 is 71.0 Å². The second-order valence-corrected chi connectivity index (χ2v) is 9.86. The van der Waals surface area contributed by atoms with Gasteiger partial charge in [0, 0.05) is 11.1 Å². The van der Waals surface area contributed by atoms with E-state index < -0.39 is 17.3 Å². The Morgan fingerprint density at radius 3 is 1.71 bits per heavy atom. The van der Waals surface area contributed by atoms with Crippen molar-refractivity contribution in [3.05, 3.63) is 114 Å². The molecule has 7 rings (SSSR count). The number of aliphatic hydroxyl groups excluding tert-OH is 1. The average Bonchev–Trinajstić information content (AvgIpc) is 2.93. The van der Waals surface area contributed by atoms with E-state index in [1.54, 1.807) is 6.92 Å². The molecule has 1 aliphatic carbocycles. The van der Waals surface area contributed by atoms with Gasteiger partial charge in [0.1, 0.15) is 0 Å². The first kappa shape index (κ1) is 22.3. The van der Waals surface area contributed by atoms with Gasteiger partial charge in [-0.3, -0.25) is 9.59 Å². The molecule has 6 aromatic rings. The Morgan fingerprint density at radius 2 is 1.08 bits per heavy atom. The Kier molecular flexibility index (Phi) is 4.70. The van der Waals surface area contributed by atoms with Gasteiger partial charge in [-0.05, 0) is 109 Å². The molecule has 1 aliphatic rings. The Bertz CT molecular complexity index is 2110. The number of carbonyl (C=O) groups excluding carboxylic acids is 2. The van der Waals surface area contributed by atoms with Gasteiger partial charge in [0.25, 0.3) is 0 Å². The molecule has 0 bridgehead atoms. The molecule has 0 aliphatic heterocycles. The fourth-order valence-corrected chi connectivity index (χ4v) is 5.72. The predicted octanol–water partition coefficient (Wildman–Crippen LogP) is 7.79. The van der Waals surface area contributed by atoms with Gasteiger partial charge in [-0.15, -0.1) is 0 Å². The van der Waals surface area contributed by atoms with Crippen molar-refractivity contribution in [3.8, 4) is 0 Å². The summed E-state index contributed by atoms with van der Waals surface area (Å²) < 4.78 is 5.07. The van der Waals surface area contributed by atoms with Gasteiger partial charge < -0.3 is 9.84 Å². The predicted molar refractivity (Wildman–Crippen MR) is 153 cm³/mol. The van der Waals surface area contributed by atoms with Gasteiger partial charge in [0.05, 0.1) is 7.11 Å². The summed E-state index contributed by atoms with van der Waals surface area (Å²) in [6, 6.07) is 31.7. The van der Waals surface area contributed by atoms with E-state index in [0.717, 1.165) is 32.3 Å². The summed E-state index contributed by atoms with van der Waals surface area (Å²) in [4.78, 5) is 25.7. The highest BCUT2D eigenvalue weighted by molar-refractivity contribution is 6.38. The van der Waals surface area contributed by atoms with Crippen LogP contribution in [0.4, 0.5) is 0 Å². The van der Waals surface area contributed by atoms with Crippen LogP contribution in [0.5, 0.6) is 0 Å². The number of fused-ring (bicyclic) bond motifs is 6. The number of Topliss-reactive ketones (excluding diaryl/α,β-unsaturated/α-hetero) is 2. The van der Waals surface area contributed by atoms with Crippen LogP contribution in [0.25, 0.3) is 59.4 Å². The van der Waals surface area contributed by atoms with E-state index >= 15 is 0 Å². The molecule has 0 fully saturated rings. The molecule has 0 saturated carbocycles. The van der Waals surface area contributed by atoms with Gasteiger partial charge in [0.15, 0.2) is 0 Å². The first-order valence-corrected chi connectivity index (χ1v) is 12.4. The van der Waals surface area contributed by atoms with Crippen molar-refractivity contribution < 1.29 is 19.4 Å². The van der Waals surface area contributed by atoms with Crippen LogP contribution in [0.1, 0.15) is 12.5 Å². The van der Waals surface area contributed by atoms with E-state index in [9.17, 15) is 14.7 Å². The minimum absolute atomic E-state index is 0.206. The molecule has 4 nitrogen and oxygen atoms in total. The molecule has 0 amide bonds. The SMILES string of the molecule is COC1=C(O)C(=O)C(C)=C(c2ccc3cc4ccc5cc6cc7ccccc7cc6cc5c4cc3c2)C1=O. The highest BCUT2D eigenvalue weighted by atomic mass is 16.5. The minimum atomic E-state index is -0.642. The average molecular weight is 495 g/mol. The monoisotopic (exact) mass is 494 g/mol. The first-order chi connectivity index (χ1) is 18.4. The van der Waals surface area contributed by atoms with Crippen LogP contribution < -0.4 is 0 Å². The summed E-state index contributed by atoms with van der Waals surface area (Å²) in [6.07, 6.45) is 0. The fourth-order valence-electron chi connectivity index (χ4n) is 5.72. The van der Waals surface area contributed by atoms with E-state index in [-0.39, 0.29) is 16.9 Å².